The molecule has 7 heteroatoms. The van der Waals surface area contributed by atoms with Crippen LogP contribution in [0.25, 0.3) is 0 Å². The van der Waals surface area contributed by atoms with Crippen LogP contribution in [0.3, 0.4) is 0 Å². The molecule has 0 saturated heterocycles. The SMILES string of the molecule is CC(NC(=O)Cn1ccnn1)C(=O)O. The molecular formula is C7H10N4O3. The van der Waals surface area contributed by atoms with Crippen LogP contribution in [-0.4, -0.2) is 38.0 Å². The first kappa shape index (κ1) is 10.2. The Hall–Kier alpha value is -1.92. The number of carbonyl (C=O) groups excluding carboxylic acids is 1. The number of aromatic nitrogens is 3. The number of aliphatic carboxylic acids is 1. The Morgan fingerprint density at radius 1 is 1.64 bits per heavy atom. The van der Waals surface area contributed by atoms with Gasteiger partial charge in [0.15, 0.2) is 0 Å². The van der Waals surface area contributed by atoms with Gasteiger partial charge in [-0.3, -0.25) is 9.59 Å². The van der Waals surface area contributed by atoms with Crippen LogP contribution in [-0.2, 0) is 16.1 Å². The van der Waals surface area contributed by atoms with Gasteiger partial charge in [0.05, 0.1) is 6.20 Å². The zero-order valence-electron chi connectivity index (χ0n) is 7.54. The van der Waals surface area contributed by atoms with Crippen LogP contribution in [0.2, 0.25) is 0 Å². The van der Waals surface area contributed by atoms with Gasteiger partial charge in [-0.15, -0.1) is 5.10 Å². The van der Waals surface area contributed by atoms with Crippen LogP contribution in [0.5, 0.6) is 0 Å². The number of carboxylic acid groups (broad SMARTS) is 1. The largest absolute Gasteiger partial charge is 0.480 e. The van der Waals surface area contributed by atoms with Crippen molar-refractivity contribution >= 4 is 11.9 Å². The van der Waals surface area contributed by atoms with Gasteiger partial charge in [-0.1, -0.05) is 5.21 Å². The first-order chi connectivity index (χ1) is 6.59. The molecule has 0 saturated carbocycles. The summed E-state index contributed by atoms with van der Waals surface area (Å²) in [6.07, 6.45) is 2.96. The predicted octanol–water partition coefficient (Wildman–Crippen LogP) is -1.13. The van der Waals surface area contributed by atoms with E-state index in [0.717, 1.165) is 0 Å². The topological polar surface area (TPSA) is 97.1 Å². The number of nitrogens with one attached hydrogen (secondary N) is 1. The van der Waals surface area contributed by atoms with E-state index >= 15 is 0 Å². The Labute approximate surface area is 79.7 Å². The summed E-state index contributed by atoms with van der Waals surface area (Å²) in [6.45, 7) is 1.36. The van der Waals surface area contributed by atoms with E-state index in [1.165, 1.54) is 24.0 Å². The summed E-state index contributed by atoms with van der Waals surface area (Å²) in [7, 11) is 0. The molecule has 0 bridgehead atoms. The minimum Gasteiger partial charge on any atom is -0.480 e. The molecule has 0 aliphatic carbocycles. The van der Waals surface area contributed by atoms with Crippen molar-refractivity contribution in [1.29, 1.82) is 0 Å². The van der Waals surface area contributed by atoms with Crippen molar-refractivity contribution in [3.05, 3.63) is 12.4 Å². The summed E-state index contributed by atoms with van der Waals surface area (Å²) in [5.74, 6) is -1.48. The van der Waals surface area contributed by atoms with Crippen molar-refractivity contribution in [1.82, 2.24) is 20.3 Å². The Kier molecular flexibility index (Phi) is 3.16. The molecule has 1 rings (SSSR count). The zero-order chi connectivity index (χ0) is 10.6. The van der Waals surface area contributed by atoms with Crippen LogP contribution in [0.15, 0.2) is 12.4 Å². The van der Waals surface area contributed by atoms with E-state index < -0.39 is 17.9 Å². The van der Waals surface area contributed by atoms with Crippen molar-refractivity contribution in [2.24, 2.45) is 0 Å². The molecular weight excluding hydrogens is 188 g/mol. The maximum absolute atomic E-state index is 11.2. The second kappa shape index (κ2) is 4.35. The molecule has 1 aromatic rings. The fraction of sp³-hybridized carbons (Fsp3) is 0.429. The third-order valence-electron chi connectivity index (χ3n) is 1.53. The van der Waals surface area contributed by atoms with E-state index in [-0.39, 0.29) is 6.54 Å². The Morgan fingerprint density at radius 3 is 2.86 bits per heavy atom. The molecule has 0 aliphatic heterocycles. The summed E-state index contributed by atoms with van der Waals surface area (Å²) < 4.78 is 1.31. The van der Waals surface area contributed by atoms with E-state index in [0.29, 0.717) is 0 Å². The van der Waals surface area contributed by atoms with Crippen LogP contribution in [0.1, 0.15) is 6.92 Å². The van der Waals surface area contributed by atoms with Gasteiger partial charge in [-0.2, -0.15) is 0 Å². The highest BCUT2D eigenvalue weighted by Crippen LogP contribution is 1.85. The lowest BCUT2D eigenvalue weighted by Gasteiger charge is -2.08. The Morgan fingerprint density at radius 2 is 2.36 bits per heavy atom. The van der Waals surface area contributed by atoms with Gasteiger partial charge in [0.2, 0.25) is 5.91 Å². The lowest BCUT2D eigenvalue weighted by atomic mass is 10.3. The van der Waals surface area contributed by atoms with E-state index in [4.69, 9.17) is 5.11 Å². The van der Waals surface area contributed by atoms with Gasteiger partial charge in [0.1, 0.15) is 12.6 Å². The second-order valence-corrected chi connectivity index (χ2v) is 2.73. The fourth-order valence-corrected chi connectivity index (χ4v) is 0.813. The minimum absolute atomic E-state index is 0.0301. The van der Waals surface area contributed by atoms with E-state index in [1.54, 1.807) is 0 Å². The van der Waals surface area contributed by atoms with E-state index in [1.807, 2.05) is 0 Å². The Balaban J connectivity index is 2.40. The molecule has 1 atom stereocenters. The summed E-state index contributed by atoms with van der Waals surface area (Å²) in [5, 5.41) is 17.9. The molecule has 0 aromatic carbocycles. The molecule has 2 N–H and O–H groups in total. The molecule has 76 valence electrons. The summed E-state index contributed by atoms with van der Waals surface area (Å²) in [4.78, 5) is 21.5. The molecule has 1 heterocycles. The van der Waals surface area contributed by atoms with Crippen LogP contribution in [0, 0.1) is 0 Å². The van der Waals surface area contributed by atoms with Crippen LogP contribution >= 0.6 is 0 Å². The van der Waals surface area contributed by atoms with Crippen molar-refractivity contribution in [3.63, 3.8) is 0 Å². The van der Waals surface area contributed by atoms with Gasteiger partial charge < -0.3 is 10.4 Å². The van der Waals surface area contributed by atoms with Gasteiger partial charge in [0.25, 0.3) is 0 Å². The third kappa shape index (κ3) is 2.85. The minimum atomic E-state index is -1.07. The second-order valence-electron chi connectivity index (χ2n) is 2.73. The van der Waals surface area contributed by atoms with Crippen molar-refractivity contribution in [2.75, 3.05) is 0 Å². The first-order valence-corrected chi connectivity index (χ1v) is 3.96. The van der Waals surface area contributed by atoms with Gasteiger partial charge >= 0.3 is 5.97 Å². The quantitative estimate of drug-likeness (QED) is 0.637. The zero-order valence-corrected chi connectivity index (χ0v) is 7.54. The highest BCUT2D eigenvalue weighted by Gasteiger charge is 2.13. The molecule has 1 amide bonds. The maximum atomic E-state index is 11.2. The molecule has 1 unspecified atom stereocenters. The van der Waals surface area contributed by atoms with E-state index in [9.17, 15) is 9.59 Å². The lowest BCUT2D eigenvalue weighted by Crippen LogP contribution is -2.40. The molecule has 0 spiro atoms. The van der Waals surface area contributed by atoms with Crippen molar-refractivity contribution < 1.29 is 14.7 Å². The highest BCUT2D eigenvalue weighted by atomic mass is 16.4. The predicted molar refractivity (Wildman–Crippen MR) is 45.3 cm³/mol. The first-order valence-electron chi connectivity index (χ1n) is 3.96. The average Bonchev–Trinajstić information content (AvgIpc) is 2.56. The molecule has 14 heavy (non-hydrogen) atoms. The molecule has 1 aromatic heterocycles. The smallest absolute Gasteiger partial charge is 0.325 e. The summed E-state index contributed by atoms with van der Waals surface area (Å²) in [5.41, 5.74) is 0. The monoisotopic (exact) mass is 198 g/mol. The Bertz CT molecular complexity index is 322. The third-order valence-corrected chi connectivity index (χ3v) is 1.53. The molecule has 0 aliphatic rings. The number of carbonyl (C=O) groups is 2. The van der Waals surface area contributed by atoms with Crippen LogP contribution < -0.4 is 5.32 Å². The van der Waals surface area contributed by atoms with Crippen molar-refractivity contribution in [2.45, 2.75) is 19.5 Å². The van der Waals surface area contributed by atoms with Gasteiger partial charge in [-0.25, -0.2) is 4.68 Å². The van der Waals surface area contributed by atoms with Gasteiger partial charge in [-0.05, 0) is 6.92 Å². The van der Waals surface area contributed by atoms with E-state index in [2.05, 4.69) is 15.6 Å². The molecule has 0 fully saturated rings. The summed E-state index contributed by atoms with van der Waals surface area (Å²) in [6, 6.07) is -0.897. The molecule has 0 radical (unpaired) electrons. The van der Waals surface area contributed by atoms with Crippen LogP contribution in [0.4, 0.5) is 0 Å². The van der Waals surface area contributed by atoms with Crippen molar-refractivity contribution in [3.8, 4) is 0 Å². The lowest BCUT2D eigenvalue weighted by molar-refractivity contribution is -0.141. The maximum Gasteiger partial charge on any atom is 0.325 e. The summed E-state index contributed by atoms with van der Waals surface area (Å²) >= 11 is 0. The molecule has 7 nitrogen and oxygen atoms in total. The fourth-order valence-electron chi connectivity index (χ4n) is 0.813. The standard InChI is InChI=1S/C7H10N4O3/c1-5(7(13)14)9-6(12)4-11-3-2-8-10-11/h2-3,5H,4H2,1H3,(H,9,12)(H,13,14). The number of nitrogens with zero attached hydrogens (tertiary/aromatic N) is 3. The average molecular weight is 198 g/mol. The number of carboxylic acids is 1. The van der Waals surface area contributed by atoms with Gasteiger partial charge in [0, 0.05) is 6.20 Å². The highest BCUT2D eigenvalue weighted by molar-refractivity contribution is 5.82. The number of amides is 1. The number of hydrogen-bond donors (Lipinski definition) is 2. The normalized spacial score (nSPS) is 12.1. The number of rotatable bonds is 4. The number of hydrogen-bond acceptors (Lipinski definition) is 4.